The number of para-hydroxylation sites is 1. The summed E-state index contributed by atoms with van der Waals surface area (Å²) in [6, 6.07) is 13.5. The van der Waals surface area contributed by atoms with Gasteiger partial charge in [-0.25, -0.2) is 0 Å². The summed E-state index contributed by atoms with van der Waals surface area (Å²) in [6.45, 7) is 4.62. The Morgan fingerprint density at radius 3 is 2.53 bits per heavy atom. The van der Waals surface area contributed by atoms with Crippen LogP contribution >= 0.6 is 0 Å². The molecule has 3 nitrogen and oxygen atoms in total. The van der Waals surface area contributed by atoms with E-state index in [1.54, 1.807) is 6.07 Å². The van der Waals surface area contributed by atoms with Crippen LogP contribution in [0, 0.1) is 0 Å². The molecule has 2 rings (SSSR count). The second-order valence-corrected chi connectivity index (χ2v) is 4.20. The fourth-order valence-electron chi connectivity index (χ4n) is 1.88. The molecule has 19 heavy (non-hydrogen) atoms. The zero-order valence-corrected chi connectivity index (χ0v) is 11.3. The van der Waals surface area contributed by atoms with Gasteiger partial charge in [0.25, 0.3) is 0 Å². The number of nitrogens with two attached hydrogens (primary N) is 1. The van der Waals surface area contributed by atoms with E-state index in [0.29, 0.717) is 18.0 Å². The topological polar surface area (TPSA) is 44.5 Å². The van der Waals surface area contributed by atoms with Crippen molar-refractivity contribution in [3.63, 3.8) is 0 Å². The molecule has 0 amide bonds. The van der Waals surface area contributed by atoms with Crippen molar-refractivity contribution in [2.24, 2.45) is 0 Å². The maximum absolute atomic E-state index is 5.91. The highest BCUT2D eigenvalue weighted by atomic mass is 16.5. The van der Waals surface area contributed by atoms with Gasteiger partial charge >= 0.3 is 0 Å². The minimum absolute atomic E-state index is 0.583. The van der Waals surface area contributed by atoms with Crippen LogP contribution in [0.5, 0.6) is 17.2 Å². The molecule has 0 unspecified atom stereocenters. The smallest absolute Gasteiger partial charge is 0.145 e. The van der Waals surface area contributed by atoms with Crippen LogP contribution in [0.25, 0.3) is 0 Å². The lowest BCUT2D eigenvalue weighted by atomic mass is 10.1. The van der Waals surface area contributed by atoms with E-state index in [9.17, 15) is 0 Å². The molecule has 0 heterocycles. The fraction of sp³-hybridized carbons (Fsp3) is 0.250. The predicted octanol–water partition coefficient (Wildman–Crippen LogP) is 4.02. The molecule has 2 N–H and O–H groups in total. The lowest BCUT2D eigenvalue weighted by molar-refractivity contribution is 0.340. The Bertz CT molecular complexity index is 552. The molecule has 0 atom stereocenters. The van der Waals surface area contributed by atoms with Gasteiger partial charge in [-0.2, -0.15) is 0 Å². The average Bonchev–Trinajstić information content (AvgIpc) is 2.43. The van der Waals surface area contributed by atoms with Crippen LogP contribution in [-0.4, -0.2) is 6.61 Å². The summed E-state index contributed by atoms with van der Waals surface area (Å²) >= 11 is 0. The fourth-order valence-corrected chi connectivity index (χ4v) is 1.88. The normalized spacial score (nSPS) is 10.2. The third-order valence-corrected chi connectivity index (χ3v) is 2.87. The Kier molecular flexibility index (Phi) is 4.29. The lowest BCUT2D eigenvalue weighted by Crippen LogP contribution is -1.97. The number of hydrogen-bond donors (Lipinski definition) is 1. The molecule has 2 aromatic carbocycles. The number of ether oxygens (including phenoxy) is 2. The first-order chi connectivity index (χ1) is 9.24. The summed E-state index contributed by atoms with van der Waals surface area (Å²) in [5.74, 6) is 2.27. The molecule has 3 heteroatoms. The van der Waals surface area contributed by atoms with Crippen molar-refractivity contribution >= 4 is 5.69 Å². The number of aryl methyl sites for hydroxylation is 1. The van der Waals surface area contributed by atoms with Gasteiger partial charge in [-0.3, -0.25) is 0 Å². The van der Waals surface area contributed by atoms with Crippen LogP contribution in [-0.2, 0) is 6.42 Å². The van der Waals surface area contributed by atoms with E-state index < -0.39 is 0 Å². The van der Waals surface area contributed by atoms with Gasteiger partial charge < -0.3 is 15.2 Å². The minimum atomic E-state index is 0.583. The molecule has 0 aliphatic carbocycles. The van der Waals surface area contributed by atoms with Crippen LogP contribution < -0.4 is 15.2 Å². The standard InChI is InChI=1S/C16H19NO2/c1-3-12-7-5-6-8-15(12)19-13-9-10-14(17)16(11-13)18-4-2/h5-11H,3-4,17H2,1-2H3. The highest BCUT2D eigenvalue weighted by Crippen LogP contribution is 2.31. The molecule has 0 radical (unpaired) electrons. The summed E-state index contributed by atoms with van der Waals surface area (Å²) in [5, 5.41) is 0. The first-order valence-electron chi connectivity index (χ1n) is 6.52. The second kappa shape index (κ2) is 6.14. The molecule has 100 valence electrons. The van der Waals surface area contributed by atoms with E-state index in [-0.39, 0.29) is 0 Å². The second-order valence-electron chi connectivity index (χ2n) is 4.20. The van der Waals surface area contributed by atoms with E-state index in [2.05, 4.69) is 13.0 Å². The predicted molar refractivity (Wildman–Crippen MR) is 77.9 cm³/mol. The summed E-state index contributed by atoms with van der Waals surface area (Å²) in [6.07, 6.45) is 0.934. The summed E-state index contributed by atoms with van der Waals surface area (Å²) in [5.41, 5.74) is 7.65. The van der Waals surface area contributed by atoms with Crippen LogP contribution in [0.15, 0.2) is 42.5 Å². The molecule has 0 aromatic heterocycles. The van der Waals surface area contributed by atoms with Gasteiger partial charge in [0.05, 0.1) is 12.3 Å². The molecule has 0 spiro atoms. The van der Waals surface area contributed by atoms with Gasteiger partial charge in [0.15, 0.2) is 0 Å². The van der Waals surface area contributed by atoms with Gasteiger partial charge in [-0.05, 0) is 37.1 Å². The van der Waals surface area contributed by atoms with Crippen molar-refractivity contribution in [1.82, 2.24) is 0 Å². The van der Waals surface area contributed by atoms with Crippen molar-refractivity contribution in [3.05, 3.63) is 48.0 Å². The van der Waals surface area contributed by atoms with Gasteiger partial charge in [-0.1, -0.05) is 25.1 Å². The molecule has 0 bridgehead atoms. The van der Waals surface area contributed by atoms with Crippen LogP contribution in [0.4, 0.5) is 5.69 Å². The average molecular weight is 257 g/mol. The van der Waals surface area contributed by atoms with Crippen molar-refractivity contribution in [1.29, 1.82) is 0 Å². The van der Waals surface area contributed by atoms with Crippen molar-refractivity contribution in [2.75, 3.05) is 12.3 Å². The Balaban J connectivity index is 2.25. The summed E-state index contributed by atoms with van der Waals surface area (Å²) < 4.78 is 11.4. The van der Waals surface area contributed by atoms with E-state index in [1.807, 2.05) is 37.3 Å². The van der Waals surface area contributed by atoms with E-state index in [4.69, 9.17) is 15.2 Å². The number of anilines is 1. The van der Waals surface area contributed by atoms with Crippen LogP contribution in [0.1, 0.15) is 19.4 Å². The molecule has 0 fully saturated rings. The Morgan fingerprint density at radius 1 is 1.00 bits per heavy atom. The maximum atomic E-state index is 5.91. The summed E-state index contributed by atoms with van der Waals surface area (Å²) in [7, 11) is 0. The van der Waals surface area contributed by atoms with E-state index >= 15 is 0 Å². The molecule has 0 saturated heterocycles. The largest absolute Gasteiger partial charge is 0.492 e. The van der Waals surface area contributed by atoms with Crippen molar-refractivity contribution in [2.45, 2.75) is 20.3 Å². The molecule has 2 aromatic rings. The Hall–Kier alpha value is -2.16. The van der Waals surface area contributed by atoms with Crippen molar-refractivity contribution in [3.8, 4) is 17.2 Å². The van der Waals surface area contributed by atoms with E-state index in [1.165, 1.54) is 5.56 Å². The molecular formula is C16H19NO2. The van der Waals surface area contributed by atoms with Gasteiger partial charge in [0.1, 0.15) is 17.2 Å². The number of hydrogen-bond acceptors (Lipinski definition) is 3. The maximum Gasteiger partial charge on any atom is 0.145 e. The van der Waals surface area contributed by atoms with Crippen molar-refractivity contribution < 1.29 is 9.47 Å². The first-order valence-corrected chi connectivity index (χ1v) is 6.52. The van der Waals surface area contributed by atoms with Crippen LogP contribution in [0.2, 0.25) is 0 Å². The number of benzene rings is 2. The summed E-state index contributed by atoms with van der Waals surface area (Å²) in [4.78, 5) is 0. The van der Waals surface area contributed by atoms with Gasteiger partial charge in [0, 0.05) is 6.07 Å². The molecule has 0 saturated carbocycles. The highest BCUT2D eigenvalue weighted by molar-refractivity contribution is 5.56. The Labute approximate surface area is 114 Å². The monoisotopic (exact) mass is 257 g/mol. The zero-order chi connectivity index (χ0) is 13.7. The van der Waals surface area contributed by atoms with Crippen LogP contribution in [0.3, 0.4) is 0 Å². The molecule has 0 aliphatic rings. The SMILES string of the molecule is CCOc1cc(Oc2ccccc2CC)ccc1N. The quantitative estimate of drug-likeness (QED) is 0.823. The highest BCUT2D eigenvalue weighted by Gasteiger charge is 2.06. The Morgan fingerprint density at radius 2 is 1.79 bits per heavy atom. The zero-order valence-electron chi connectivity index (χ0n) is 11.3. The number of nitrogen functional groups attached to an aromatic ring is 1. The van der Waals surface area contributed by atoms with Gasteiger partial charge in [-0.15, -0.1) is 0 Å². The molecular weight excluding hydrogens is 238 g/mol. The van der Waals surface area contributed by atoms with Gasteiger partial charge in [0.2, 0.25) is 0 Å². The third-order valence-electron chi connectivity index (χ3n) is 2.87. The third kappa shape index (κ3) is 3.19. The first kappa shape index (κ1) is 13.3. The van der Waals surface area contributed by atoms with E-state index in [0.717, 1.165) is 17.9 Å². The minimum Gasteiger partial charge on any atom is -0.492 e. The number of rotatable bonds is 5. The lowest BCUT2D eigenvalue weighted by Gasteiger charge is -2.12. The molecule has 0 aliphatic heterocycles.